The van der Waals surface area contributed by atoms with Crippen LogP contribution < -0.4 is 5.32 Å². The lowest BCUT2D eigenvalue weighted by Gasteiger charge is -2.05. The van der Waals surface area contributed by atoms with Crippen LogP contribution in [0.15, 0.2) is 38.2 Å². The number of nitrogens with zero attached hydrogens (tertiary/aromatic N) is 1. The van der Waals surface area contributed by atoms with Crippen molar-refractivity contribution >= 4 is 33.6 Å². The van der Waals surface area contributed by atoms with Crippen LogP contribution in [-0.2, 0) is 11.2 Å². The van der Waals surface area contributed by atoms with Gasteiger partial charge in [0, 0.05) is 27.2 Å². The molecule has 0 bridgehead atoms. The number of halogens is 1. The molecule has 4 nitrogen and oxygen atoms in total. The van der Waals surface area contributed by atoms with E-state index in [-0.39, 0.29) is 5.91 Å². The first kappa shape index (κ1) is 16.1. The molecule has 1 heterocycles. The van der Waals surface area contributed by atoms with Crippen molar-refractivity contribution in [2.75, 3.05) is 12.3 Å². The second-order valence-corrected chi connectivity index (χ2v) is 6.72. The summed E-state index contributed by atoms with van der Waals surface area (Å²) in [6, 6.07) is 8.14. The van der Waals surface area contributed by atoms with Gasteiger partial charge in [-0.05, 0) is 38.1 Å². The maximum absolute atomic E-state index is 11.9. The molecule has 0 unspecified atom stereocenters. The van der Waals surface area contributed by atoms with Gasteiger partial charge in [0.15, 0.2) is 0 Å². The Labute approximate surface area is 136 Å². The number of thioether (sulfide) groups is 1. The lowest BCUT2D eigenvalue weighted by Crippen LogP contribution is -2.27. The first-order valence-corrected chi connectivity index (χ1v) is 8.41. The van der Waals surface area contributed by atoms with Crippen LogP contribution in [0.2, 0.25) is 0 Å². The van der Waals surface area contributed by atoms with Gasteiger partial charge in [0.25, 0.3) is 0 Å². The van der Waals surface area contributed by atoms with Crippen molar-refractivity contribution in [3.8, 4) is 0 Å². The summed E-state index contributed by atoms with van der Waals surface area (Å²) in [7, 11) is 0. The first-order chi connectivity index (χ1) is 10.1. The van der Waals surface area contributed by atoms with Crippen molar-refractivity contribution in [3.05, 3.63) is 45.8 Å². The fourth-order valence-corrected chi connectivity index (χ4v) is 2.90. The third kappa shape index (κ3) is 4.89. The Hall–Kier alpha value is -1.27. The average Bonchev–Trinajstić information content (AvgIpc) is 2.77. The van der Waals surface area contributed by atoms with Crippen LogP contribution >= 0.6 is 27.7 Å². The van der Waals surface area contributed by atoms with Crippen LogP contribution in [0.5, 0.6) is 0 Å². The molecule has 0 atom stereocenters. The minimum atomic E-state index is 0.000746. The second kappa shape index (κ2) is 7.66. The fourth-order valence-electron chi connectivity index (χ4n) is 1.87. The molecule has 21 heavy (non-hydrogen) atoms. The number of carbonyl (C=O) groups excluding carboxylic acids is 1. The van der Waals surface area contributed by atoms with E-state index in [1.54, 1.807) is 11.8 Å². The van der Waals surface area contributed by atoms with E-state index in [4.69, 9.17) is 4.52 Å². The molecule has 0 aliphatic carbocycles. The number of benzene rings is 1. The molecule has 1 aromatic heterocycles. The van der Waals surface area contributed by atoms with E-state index < -0.39 is 0 Å². The summed E-state index contributed by atoms with van der Waals surface area (Å²) in [6.45, 7) is 4.32. The van der Waals surface area contributed by atoms with Crippen LogP contribution in [0.1, 0.15) is 17.0 Å². The monoisotopic (exact) mass is 368 g/mol. The van der Waals surface area contributed by atoms with E-state index in [0.29, 0.717) is 18.7 Å². The van der Waals surface area contributed by atoms with Gasteiger partial charge in [0.1, 0.15) is 5.76 Å². The SMILES string of the molecule is Cc1noc(C)c1CC(=O)NCCSc1ccc(Br)cc1. The Bertz CT molecular complexity index is 591. The summed E-state index contributed by atoms with van der Waals surface area (Å²) in [5.74, 6) is 1.56. The van der Waals surface area contributed by atoms with Crippen molar-refractivity contribution < 1.29 is 9.32 Å². The number of nitrogens with one attached hydrogen (secondary N) is 1. The normalized spacial score (nSPS) is 10.6. The van der Waals surface area contributed by atoms with Crippen LogP contribution in [0.3, 0.4) is 0 Å². The predicted octanol–water partition coefficient (Wildman–Crippen LogP) is 3.50. The van der Waals surface area contributed by atoms with Crippen LogP contribution in [0.25, 0.3) is 0 Å². The number of hydrogen-bond acceptors (Lipinski definition) is 4. The van der Waals surface area contributed by atoms with Crippen LogP contribution in [-0.4, -0.2) is 23.4 Å². The van der Waals surface area contributed by atoms with E-state index in [1.165, 1.54) is 4.90 Å². The molecule has 0 fully saturated rings. The molecule has 112 valence electrons. The predicted molar refractivity (Wildman–Crippen MR) is 87.6 cm³/mol. The van der Waals surface area contributed by atoms with Gasteiger partial charge in [0.05, 0.1) is 12.1 Å². The number of carbonyl (C=O) groups is 1. The van der Waals surface area contributed by atoms with Gasteiger partial charge in [-0.1, -0.05) is 21.1 Å². The average molecular weight is 369 g/mol. The van der Waals surface area contributed by atoms with Gasteiger partial charge in [0.2, 0.25) is 5.91 Å². The Morgan fingerprint density at radius 2 is 2.05 bits per heavy atom. The highest BCUT2D eigenvalue weighted by molar-refractivity contribution is 9.10. The number of aryl methyl sites for hydroxylation is 2. The maximum atomic E-state index is 11.9. The number of rotatable bonds is 6. The minimum absolute atomic E-state index is 0.000746. The van der Waals surface area contributed by atoms with Crippen molar-refractivity contribution in [1.82, 2.24) is 10.5 Å². The fraction of sp³-hybridized carbons (Fsp3) is 0.333. The van der Waals surface area contributed by atoms with Crippen LogP contribution in [0.4, 0.5) is 0 Å². The lowest BCUT2D eigenvalue weighted by atomic mass is 10.1. The molecular weight excluding hydrogens is 352 g/mol. The molecule has 0 radical (unpaired) electrons. The van der Waals surface area contributed by atoms with Crippen molar-refractivity contribution in [2.24, 2.45) is 0 Å². The Kier molecular flexibility index (Phi) is 5.87. The van der Waals surface area contributed by atoms with Gasteiger partial charge in [-0.25, -0.2) is 0 Å². The van der Waals surface area contributed by atoms with Crippen molar-refractivity contribution in [1.29, 1.82) is 0 Å². The first-order valence-electron chi connectivity index (χ1n) is 6.63. The summed E-state index contributed by atoms with van der Waals surface area (Å²) < 4.78 is 6.12. The summed E-state index contributed by atoms with van der Waals surface area (Å²) in [5, 5.41) is 6.77. The molecule has 2 rings (SSSR count). The third-order valence-corrected chi connectivity index (χ3v) is 4.57. The molecule has 0 aliphatic heterocycles. The summed E-state index contributed by atoms with van der Waals surface area (Å²) in [6.07, 6.45) is 0.324. The maximum Gasteiger partial charge on any atom is 0.224 e. The van der Waals surface area contributed by atoms with Gasteiger partial charge in [-0.2, -0.15) is 0 Å². The molecule has 1 N–H and O–H groups in total. The molecule has 0 spiro atoms. The second-order valence-electron chi connectivity index (χ2n) is 4.63. The van der Waals surface area contributed by atoms with Gasteiger partial charge in [-0.15, -0.1) is 11.8 Å². The van der Waals surface area contributed by atoms with Gasteiger partial charge >= 0.3 is 0 Å². The molecule has 2 aromatic rings. The highest BCUT2D eigenvalue weighted by Gasteiger charge is 2.12. The number of aromatic nitrogens is 1. The van der Waals surface area contributed by atoms with Crippen molar-refractivity contribution in [3.63, 3.8) is 0 Å². The van der Waals surface area contributed by atoms with Gasteiger partial charge in [-0.3, -0.25) is 4.79 Å². The minimum Gasteiger partial charge on any atom is -0.361 e. The smallest absolute Gasteiger partial charge is 0.224 e. The standard InChI is InChI=1S/C15H17BrN2O2S/c1-10-14(11(2)20-18-10)9-15(19)17-7-8-21-13-5-3-12(16)4-6-13/h3-6H,7-9H2,1-2H3,(H,17,19). The van der Waals surface area contributed by atoms with E-state index in [2.05, 4.69) is 38.5 Å². The van der Waals surface area contributed by atoms with E-state index >= 15 is 0 Å². The van der Waals surface area contributed by atoms with Crippen molar-refractivity contribution in [2.45, 2.75) is 25.2 Å². The van der Waals surface area contributed by atoms with E-state index in [0.717, 1.165) is 21.5 Å². The molecule has 1 aromatic carbocycles. The zero-order valence-corrected chi connectivity index (χ0v) is 14.4. The summed E-state index contributed by atoms with van der Waals surface area (Å²) in [5.41, 5.74) is 1.67. The highest BCUT2D eigenvalue weighted by Crippen LogP contribution is 2.20. The summed E-state index contributed by atoms with van der Waals surface area (Å²) >= 11 is 5.13. The summed E-state index contributed by atoms with van der Waals surface area (Å²) in [4.78, 5) is 13.1. The van der Waals surface area contributed by atoms with Crippen LogP contribution in [0, 0.1) is 13.8 Å². The van der Waals surface area contributed by atoms with E-state index in [9.17, 15) is 4.79 Å². The molecule has 0 aliphatic rings. The Morgan fingerprint density at radius 3 is 2.67 bits per heavy atom. The quantitative estimate of drug-likeness (QED) is 0.626. The molecule has 6 heteroatoms. The zero-order chi connectivity index (χ0) is 15.2. The highest BCUT2D eigenvalue weighted by atomic mass is 79.9. The number of amides is 1. The lowest BCUT2D eigenvalue weighted by molar-refractivity contribution is -0.120. The number of hydrogen-bond donors (Lipinski definition) is 1. The molecule has 1 amide bonds. The third-order valence-electron chi connectivity index (χ3n) is 3.03. The molecule has 0 saturated carbocycles. The molecule has 0 saturated heterocycles. The largest absolute Gasteiger partial charge is 0.361 e. The zero-order valence-electron chi connectivity index (χ0n) is 12.0. The molecular formula is C15H17BrN2O2S. The Morgan fingerprint density at radius 1 is 1.33 bits per heavy atom. The van der Waals surface area contributed by atoms with Gasteiger partial charge < -0.3 is 9.84 Å². The topological polar surface area (TPSA) is 55.1 Å². The van der Waals surface area contributed by atoms with E-state index in [1.807, 2.05) is 26.0 Å². The Balaban J connectivity index is 1.71.